The quantitative estimate of drug-likeness (QED) is 0.841. The number of hydrogen-bond donors (Lipinski definition) is 1. The third kappa shape index (κ3) is 3.49. The molecule has 6 heteroatoms. The number of rotatable bonds is 5. The SMILES string of the molecule is CN(CC1CCCC1)c1cc(OC(F)F)c(F)cc1N. The van der Waals surface area contributed by atoms with Gasteiger partial charge in [-0.25, -0.2) is 4.39 Å². The number of halogens is 3. The maximum absolute atomic E-state index is 13.5. The number of ether oxygens (including phenoxy) is 1. The van der Waals surface area contributed by atoms with Gasteiger partial charge in [0.15, 0.2) is 11.6 Å². The molecule has 1 fully saturated rings. The van der Waals surface area contributed by atoms with Gasteiger partial charge in [0.1, 0.15) is 0 Å². The van der Waals surface area contributed by atoms with Crippen molar-refractivity contribution in [1.29, 1.82) is 0 Å². The largest absolute Gasteiger partial charge is 0.432 e. The predicted octanol–water partition coefficient (Wildman–Crippen LogP) is 3.64. The van der Waals surface area contributed by atoms with E-state index in [4.69, 9.17) is 5.73 Å². The number of hydrogen-bond acceptors (Lipinski definition) is 3. The summed E-state index contributed by atoms with van der Waals surface area (Å²) in [4.78, 5) is 1.88. The summed E-state index contributed by atoms with van der Waals surface area (Å²) in [7, 11) is 1.83. The second-order valence-corrected chi connectivity index (χ2v) is 5.25. The lowest BCUT2D eigenvalue weighted by molar-refractivity contribution is -0.0521. The first-order valence-electron chi connectivity index (χ1n) is 6.72. The first kappa shape index (κ1) is 14.8. The zero-order chi connectivity index (χ0) is 14.7. The molecule has 20 heavy (non-hydrogen) atoms. The van der Waals surface area contributed by atoms with E-state index in [1.165, 1.54) is 18.9 Å². The average molecular weight is 288 g/mol. The average Bonchev–Trinajstić information content (AvgIpc) is 2.84. The first-order chi connectivity index (χ1) is 9.47. The van der Waals surface area contributed by atoms with Crippen LogP contribution in [-0.2, 0) is 0 Å². The van der Waals surface area contributed by atoms with Crippen LogP contribution in [-0.4, -0.2) is 20.2 Å². The zero-order valence-corrected chi connectivity index (χ0v) is 11.4. The highest BCUT2D eigenvalue weighted by atomic mass is 19.3. The molecule has 3 nitrogen and oxygen atoms in total. The van der Waals surface area contributed by atoms with Crippen molar-refractivity contribution in [2.45, 2.75) is 32.3 Å². The summed E-state index contributed by atoms with van der Waals surface area (Å²) in [6, 6.07) is 2.27. The summed E-state index contributed by atoms with van der Waals surface area (Å²) in [6.07, 6.45) is 4.76. The molecule has 0 aromatic heterocycles. The van der Waals surface area contributed by atoms with Crippen LogP contribution < -0.4 is 15.4 Å². The Kier molecular flexibility index (Phi) is 4.62. The summed E-state index contributed by atoms with van der Waals surface area (Å²) in [5, 5.41) is 0. The molecule has 1 saturated carbocycles. The molecule has 1 aromatic rings. The number of nitrogens with zero attached hydrogens (tertiary/aromatic N) is 1. The Labute approximate surface area is 116 Å². The molecule has 0 bridgehead atoms. The number of nitrogens with two attached hydrogens (primary N) is 1. The minimum Gasteiger partial charge on any atom is -0.432 e. The van der Waals surface area contributed by atoms with Crippen LogP contribution in [0.25, 0.3) is 0 Å². The minimum atomic E-state index is -3.05. The second kappa shape index (κ2) is 6.24. The monoisotopic (exact) mass is 288 g/mol. The zero-order valence-electron chi connectivity index (χ0n) is 11.4. The van der Waals surface area contributed by atoms with E-state index in [0.717, 1.165) is 25.5 Å². The highest BCUT2D eigenvalue weighted by Crippen LogP contribution is 2.33. The molecule has 0 spiro atoms. The third-order valence-electron chi connectivity index (χ3n) is 3.72. The fourth-order valence-corrected chi connectivity index (χ4v) is 2.75. The van der Waals surface area contributed by atoms with Gasteiger partial charge in [0.2, 0.25) is 0 Å². The summed E-state index contributed by atoms with van der Waals surface area (Å²) in [5.41, 5.74) is 6.52. The number of benzene rings is 1. The molecule has 0 atom stereocenters. The Morgan fingerprint density at radius 3 is 2.60 bits per heavy atom. The van der Waals surface area contributed by atoms with Crippen LogP contribution in [0.3, 0.4) is 0 Å². The van der Waals surface area contributed by atoms with Crippen LogP contribution in [0.1, 0.15) is 25.7 Å². The van der Waals surface area contributed by atoms with E-state index in [1.54, 1.807) is 0 Å². The molecule has 1 aromatic carbocycles. The molecule has 2 rings (SSSR count). The van der Waals surface area contributed by atoms with Gasteiger partial charge in [-0.2, -0.15) is 8.78 Å². The van der Waals surface area contributed by atoms with Gasteiger partial charge < -0.3 is 15.4 Å². The van der Waals surface area contributed by atoms with E-state index < -0.39 is 18.2 Å². The topological polar surface area (TPSA) is 38.5 Å². The molecule has 0 radical (unpaired) electrons. The van der Waals surface area contributed by atoms with Gasteiger partial charge in [0.05, 0.1) is 11.4 Å². The predicted molar refractivity (Wildman–Crippen MR) is 72.7 cm³/mol. The van der Waals surface area contributed by atoms with Crippen molar-refractivity contribution in [2.75, 3.05) is 24.2 Å². The third-order valence-corrected chi connectivity index (χ3v) is 3.72. The highest BCUT2D eigenvalue weighted by molar-refractivity contribution is 5.69. The van der Waals surface area contributed by atoms with Gasteiger partial charge in [-0.05, 0) is 18.8 Å². The van der Waals surface area contributed by atoms with E-state index in [9.17, 15) is 13.2 Å². The van der Waals surface area contributed by atoms with Crippen molar-refractivity contribution in [1.82, 2.24) is 0 Å². The van der Waals surface area contributed by atoms with E-state index in [-0.39, 0.29) is 5.69 Å². The Hall–Kier alpha value is -1.59. The second-order valence-electron chi connectivity index (χ2n) is 5.25. The fraction of sp³-hybridized carbons (Fsp3) is 0.571. The Balaban J connectivity index is 2.16. The van der Waals surface area contributed by atoms with E-state index in [1.807, 2.05) is 11.9 Å². The van der Waals surface area contributed by atoms with Crippen molar-refractivity contribution in [3.63, 3.8) is 0 Å². The summed E-state index contributed by atoms with van der Waals surface area (Å²) < 4.78 is 42.1. The van der Waals surface area contributed by atoms with Gasteiger partial charge in [-0.3, -0.25) is 0 Å². The van der Waals surface area contributed by atoms with Crippen LogP contribution in [0.4, 0.5) is 24.5 Å². The molecule has 0 unspecified atom stereocenters. The summed E-state index contributed by atoms with van der Waals surface area (Å²) in [6.45, 7) is -2.27. The Morgan fingerprint density at radius 2 is 2.00 bits per heavy atom. The minimum absolute atomic E-state index is 0.226. The van der Waals surface area contributed by atoms with E-state index >= 15 is 0 Å². The molecular weight excluding hydrogens is 269 g/mol. The van der Waals surface area contributed by atoms with Crippen molar-refractivity contribution in [3.8, 4) is 5.75 Å². The van der Waals surface area contributed by atoms with E-state index in [2.05, 4.69) is 4.74 Å². The van der Waals surface area contributed by atoms with Crippen LogP contribution in [0.2, 0.25) is 0 Å². The van der Waals surface area contributed by atoms with Gasteiger partial charge in [0.25, 0.3) is 0 Å². The molecule has 112 valence electrons. The molecule has 0 aliphatic heterocycles. The van der Waals surface area contributed by atoms with Crippen molar-refractivity contribution in [2.24, 2.45) is 5.92 Å². The molecule has 2 N–H and O–H groups in total. The van der Waals surface area contributed by atoms with E-state index in [0.29, 0.717) is 11.6 Å². The smallest absolute Gasteiger partial charge is 0.387 e. The van der Waals surface area contributed by atoms with Gasteiger partial charge in [-0.1, -0.05) is 12.8 Å². The summed E-state index contributed by atoms with van der Waals surface area (Å²) >= 11 is 0. The molecule has 0 heterocycles. The van der Waals surface area contributed by atoms with Crippen molar-refractivity contribution < 1.29 is 17.9 Å². The number of nitrogen functional groups attached to an aromatic ring is 1. The number of alkyl halides is 2. The standard InChI is InChI=1S/C14H19F3N2O/c1-19(8-9-4-2-3-5-9)12-7-13(20-14(16)17)10(15)6-11(12)18/h6-7,9,14H,2-5,8,18H2,1H3. The molecule has 0 saturated heterocycles. The highest BCUT2D eigenvalue weighted by Gasteiger charge is 2.20. The van der Waals surface area contributed by atoms with Crippen LogP contribution in [0.5, 0.6) is 5.75 Å². The lowest BCUT2D eigenvalue weighted by Gasteiger charge is -2.25. The molecule has 1 aliphatic rings. The van der Waals surface area contributed by atoms with Crippen molar-refractivity contribution in [3.05, 3.63) is 17.9 Å². The van der Waals surface area contributed by atoms with Gasteiger partial charge in [0, 0.05) is 25.7 Å². The van der Waals surface area contributed by atoms with Crippen LogP contribution in [0.15, 0.2) is 12.1 Å². The lowest BCUT2D eigenvalue weighted by Crippen LogP contribution is -2.25. The van der Waals surface area contributed by atoms with Crippen molar-refractivity contribution >= 4 is 11.4 Å². The van der Waals surface area contributed by atoms with Crippen LogP contribution >= 0.6 is 0 Å². The molecule has 1 aliphatic carbocycles. The maximum atomic E-state index is 13.5. The summed E-state index contributed by atoms with van der Waals surface area (Å²) in [5.74, 6) is -0.771. The first-order valence-corrected chi connectivity index (χ1v) is 6.72. The number of anilines is 2. The normalized spacial score (nSPS) is 15.8. The van der Waals surface area contributed by atoms with Gasteiger partial charge in [-0.15, -0.1) is 0 Å². The maximum Gasteiger partial charge on any atom is 0.387 e. The van der Waals surface area contributed by atoms with Gasteiger partial charge >= 0.3 is 6.61 Å². The molecular formula is C14H19F3N2O. The fourth-order valence-electron chi connectivity index (χ4n) is 2.75. The Bertz CT molecular complexity index is 462. The van der Waals surface area contributed by atoms with Crippen LogP contribution in [0, 0.1) is 11.7 Å². The lowest BCUT2D eigenvalue weighted by atomic mass is 10.1. The molecule has 0 amide bonds. The Morgan fingerprint density at radius 1 is 1.35 bits per heavy atom.